The quantitative estimate of drug-likeness (QED) is 0.189. The summed E-state index contributed by atoms with van der Waals surface area (Å²) in [6.07, 6.45) is 0. The van der Waals surface area contributed by atoms with Gasteiger partial charge in [-0.3, -0.25) is 0 Å². The molecule has 2 heteroatoms. The highest BCUT2D eigenvalue weighted by Gasteiger charge is 2.14. The molecule has 0 aliphatic heterocycles. The SMILES string of the molecule is Nc1ccc(-c2ccc(Nc3ccc(-c4ccccc4)cc3)cc2-c2ccccc2-c2ccc(-c3ccccc3)cc2)cc1. The number of nitrogens with two attached hydrogens (primary N) is 1. The fourth-order valence-corrected chi connectivity index (χ4v) is 5.75. The zero-order valence-corrected chi connectivity index (χ0v) is 24.3. The number of benzene rings is 7. The van der Waals surface area contributed by atoms with E-state index in [0.29, 0.717) is 0 Å². The Kier molecular flexibility index (Phi) is 7.47. The van der Waals surface area contributed by atoms with E-state index >= 15 is 0 Å². The molecule has 7 rings (SSSR count). The van der Waals surface area contributed by atoms with Gasteiger partial charge in [0.05, 0.1) is 0 Å². The summed E-state index contributed by atoms with van der Waals surface area (Å²) in [5, 5.41) is 3.65. The van der Waals surface area contributed by atoms with Crippen molar-refractivity contribution in [2.75, 3.05) is 11.1 Å². The highest BCUT2D eigenvalue weighted by molar-refractivity contribution is 5.93. The third kappa shape index (κ3) is 5.74. The smallest absolute Gasteiger partial charge is 0.0390 e. The molecule has 0 atom stereocenters. The summed E-state index contributed by atoms with van der Waals surface area (Å²) in [7, 11) is 0. The molecule has 0 saturated heterocycles. The third-order valence-corrected chi connectivity index (χ3v) is 8.04. The van der Waals surface area contributed by atoms with Gasteiger partial charge in [0.25, 0.3) is 0 Å². The van der Waals surface area contributed by atoms with E-state index in [-0.39, 0.29) is 0 Å². The molecular formula is C42H32N2. The van der Waals surface area contributed by atoms with Crippen molar-refractivity contribution < 1.29 is 0 Å². The Hall–Kier alpha value is -5.86. The Morgan fingerprint density at radius 3 is 1.30 bits per heavy atom. The normalized spacial score (nSPS) is 10.8. The summed E-state index contributed by atoms with van der Waals surface area (Å²) in [4.78, 5) is 0. The summed E-state index contributed by atoms with van der Waals surface area (Å²) < 4.78 is 0. The summed E-state index contributed by atoms with van der Waals surface area (Å²) in [5.74, 6) is 0. The molecule has 2 nitrogen and oxygen atoms in total. The molecule has 3 N–H and O–H groups in total. The molecule has 0 amide bonds. The highest BCUT2D eigenvalue weighted by atomic mass is 14.9. The minimum atomic E-state index is 0.756. The van der Waals surface area contributed by atoms with E-state index in [9.17, 15) is 0 Å². The van der Waals surface area contributed by atoms with Gasteiger partial charge < -0.3 is 11.1 Å². The Morgan fingerprint density at radius 2 is 0.705 bits per heavy atom. The van der Waals surface area contributed by atoms with Crippen LogP contribution in [-0.4, -0.2) is 0 Å². The number of hydrogen-bond acceptors (Lipinski definition) is 2. The van der Waals surface area contributed by atoms with Crippen LogP contribution in [0.4, 0.5) is 17.1 Å². The lowest BCUT2D eigenvalue weighted by molar-refractivity contribution is 1.52. The van der Waals surface area contributed by atoms with E-state index in [4.69, 9.17) is 5.73 Å². The largest absolute Gasteiger partial charge is 0.399 e. The first-order chi connectivity index (χ1) is 21.7. The van der Waals surface area contributed by atoms with Gasteiger partial charge in [0.2, 0.25) is 0 Å². The zero-order valence-electron chi connectivity index (χ0n) is 24.3. The Morgan fingerprint density at radius 1 is 0.295 bits per heavy atom. The van der Waals surface area contributed by atoms with E-state index in [0.717, 1.165) is 33.8 Å². The molecule has 0 aliphatic carbocycles. The number of rotatable bonds is 7. The topological polar surface area (TPSA) is 38.0 Å². The molecule has 0 saturated carbocycles. The van der Waals surface area contributed by atoms with E-state index < -0.39 is 0 Å². The van der Waals surface area contributed by atoms with Crippen molar-refractivity contribution in [3.8, 4) is 55.6 Å². The molecule has 0 aliphatic rings. The van der Waals surface area contributed by atoms with Gasteiger partial charge in [-0.25, -0.2) is 0 Å². The third-order valence-electron chi connectivity index (χ3n) is 8.04. The lowest BCUT2D eigenvalue weighted by Gasteiger charge is -2.17. The van der Waals surface area contributed by atoms with Crippen LogP contribution in [0, 0.1) is 0 Å². The van der Waals surface area contributed by atoms with Gasteiger partial charge in [-0.15, -0.1) is 0 Å². The predicted octanol–water partition coefficient (Wildman–Crippen LogP) is 11.3. The van der Waals surface area contributed by atoms with Crippen LogP contribution in [0.25, 0.3) is 55.6 Å². The van der Waals surface area contributed by atoms with Crippen LogP contribution in [0.2, 0.25) is 0 Å². The van der Waals surface area contributed by atoms with Gasteiger partial charge in [-0.2, -0.15) is 0 Å². The molecule has 0 radical (unpaired) electrons. The van der Waals surface area contributed by atoms with E-state index in [1.807, 2.05) is 18.2 Å². The van der Waals surface area contributed by atoms with Crippen LogP contribution in [-0.2, 0) is 0 Å². The van der Waals surface area contributed by atoms with Crippen LogP contribution in [0.1, 0.15) is 0 Å². The van der Waals surface area contributed by atoms with Crippen molar-refractivity contribution in [2.45, 2.75) is 0 Å². The first-order valence-electron chi connectivity index (χ1n) is 14.9. The number of hydrogen-bond donors (Lipinski definition) is 2. The average Bonchev–Trinajstić information content (AvgIpc) is 3.10. The maximum Gasteiger partial charge on any atom is 0.0390 e. The Balaban J connectivity index is 1.28. The number of anilines is 3. The molecule has 0 fully saturated rings. The molecule has 0 unspecified atom stereocenters. The molecule has 0 bridgehead atoms. The lowest BCUT2D eigenvalue weighted by Crippen LogP contribution is -1.94. The Labute approximate surface area is 259 Å². The molecule has 0 heterocycles. The average molecular weight is 565 g/mol. The van der Waals surface area contributed by atoms with Gasteiger partial charge in [0.15, 0.2) is 0 Å². The number of nitrogens with one attached hydrogen (secondary N) is 1. The van der Waals surface area contributed by atoms with Crippen molar-refractivity contribution >= 4 is 17.1 Å². The van der Waals surface area contributed by atoms with Crippen molar-refractivity contribution in [3.63, 3.8) is 0 Å². The fraction of sp³-hybridized carbons (Fsp3) is 0. The summed E-state index contributed by atoms with van der Waals surface area (Å²) in [5.41, 5.74) is 20.7. The van der Waals surface area contributed by atoms with Crippen LogP contribution in [0.5, 0.6) is 0 Å². The van der Waals surface area contributed by atoms with Crippen molar-refractivity contribution in [1.29, 1.82) is 0 Å². The summed E-state index contributed by atoms with van der Waals surface area (Å²) >= 11 is 0. The van der Waals surface area contributed by atoms with Crippen LogP contribution >= 0.6 is 0 Å². The molecule has 44 heavy (non-hydrogen) atoms. The van der Waals surface area contributed by atoms with Crippen molar-refractivity contribution in [2.24, 2.45) is 0 Å². The summed E-state index contributed by atoms with van der Waals surface area (Å²) in [6, 6.07) is 61.8. The minimum Gasteiger partial charge on any atom is -0.399 e. The number of nitrogen functional groups attached to an aromatic ring is 1. The minimum absolute atomic E-state index is 0.756. The molecule has 7 aromatic rings. The van der Waals surface area contributed by atoms with Crippen molar-refractivity contribution in [3.05, 3.63) is 176 Å². The first kappa shape index (κ1) is 27.0. The van der Waals surface area contributed by atoms with Gasteiger partial charge >= 0.3 is 0 Å². The van der Waals surface area contributed by atoms with E-state index in [2.05, 4.69) is 163 Å². The van der Waals surface area contributed by atoms with Crippen LogP contribution < -0.4 is 11.1 Å². The highest BCUT2D eigenvalue weighted by Crippen LogP contribution is 2.40. The maximum absolute atomic E-state index is 6.06. The summed E-state index contributed by atoms with van der Waals surface area (Å²) in [6.45, 7) is 0. The molecular weight excluding hydrogens is 532 g/mol. The second-order valence-electron chi connectivity index (χ2n) is 10.9. The second kappa shape index (κ2) is 12.2. The monoisotopic (exact) mass is 564 g/mol. The zero-order chi connectivity index (χ0) is 29.7. The molecule has 210 valence electrons. The van der Waals surface area contributed by atoms with Gasteiger partial charge in [0.1, 0.15) is 0 Å². The molecule has 0 aromatic heterocycles. The lowest BCUT2D eigenvalue weighted by atomic mass is 9.88. The van der Waals surface area contributed by atoms with Gasteiger partial charge in [0, 0.05) is 17.1 Å². The molecule has 0 spiro atoms. The van der Waals surface area contributed by atoms with Crippen LogP contribution in [0.15, 0.2) is 176 Å². The van der Waals surface area contributed by atoms with E-state index in [1.165, 1.54) is 38.9 Å². The molecule has 7 aromatic carbocycles. The predicted molar refractivity (Wildman–Crippen MR) is 188 cm³/mol. The first-order valence-corrected chi connectivity index (χ1v) is 14.9. The van der Waals surface area contributed by atoms with E-state index in [1.54, 1.807) is 0 Å². The fourth-order valence-electron chi connectivity index (χ4n) is 5.75. The second-order valence-corrected chi connectivity index (χ2v) is 10.9. The maximum atomic E-state index is 6.06. The van der Waals surface area contributed by atoms with Gasteiger partial charge in [-0.05, 0) is 92.0 Å². The Bertz CT molecular complexity index is 1990. The standard InChI is InChI=1S/C42H32N2/c43-36-23-19-35(20-24-36)40-28-27-38(44-37-25-21-33(22-26-37)31-11-5-2-6-12-31)29-42(40)41-14-8-7-13-39(41)34-17-15-32(16-18-34)30-9-3-1-4-10-30/h1-29,44H,43H2. The van der Waals surface area contributed by atoms with Gasteiger partial charge in [-0.1, -0.05) is 140 Å². The van der Waals surface area contributed by atoms with Crippen LogP contribution in [0.3, 0.4) is 0 Å². The van der Waals surface area contributed by atoms with Crippen molar-refractivity contribution in [1.82, 2.24) is 0 Å².